The highest BCUT2D eigenvalue weighted by molar-refractivity contribution is 7.16. The fourth-order valence-corrected chi connectivity index (χ4v) is 3.22. The van der Waals surface area contributed by atoms with E-state index in [1.165, 1.54) is 10.4 Å². The maximum atomic E-state index is 5.98. The number of likely N-dealkylation sites (N-methyl/N-ethyl adjacent to an activating group) is 1. The molecule has 0 aliphatic rings. The monoisotopic (exact) mass is 328 g/mol. The normalized spacial score (nSPS) is 11.2. The van der Waals surface area contributed by atoms with E-state index in [2.05, 4.69) is 29.4 Å². The van der Waals surface area contributed by atoms with Crippen molar-refractivity contribution >= 4 is 34.5 Å². The molecule has 0 atom stereocenters. The minimum atomic E-state index is 0.795. The van der Waals surface area contributed by atoms with Crippen molar-refractivity contribution in [2.24, 2.45) is 0 Å². The summed E-state index contributed by atoms with van der Waals surface area (Å²) in [4.78, 5) is 3.55. The smallest absolute Gasteiger partial charge is 0.0931 e. The van der Waals surface area contributed by atoms with Crippen molar-refractivity contribution in [3.05, 3.63) is 56.2 Å². The van der Waals surface area contributed by atoms with Crippen LogP contribution in [0.5, 0.6) is 0 Å². The average molecular weight is 329 g/mol. The van der Waals surface area contributed by atoms with E-state index in [0.717, 1.165) is 35.5 Å². The molecule has 2 nitrogen and oxygen atoms in total. The number of thiophene rings is 1. The van der Waals surface area contributed by atoms with Crippen LogP contribution in [-0.4, -0.2) is 25.0 Å². The van der Waals surface area contributed by atoms with Crippen LogP contribution in [0.1, 0.15) is 10.4 Å². The van der Waals surface area contributed by atoms with Gasteiger partial charge in [-0.3, -0.25) is 0 Å². The van der Waals surface area contributed by atoms with E-state index in [1.54, 1.807) is 11.3 Å². The highest BCUT2D eigenvalue weighted by Gasteiger charge is 2.01. The summed E-state index contributed by atoms with van der Waals surface area (Å²) in [6.07, 6.45) is 0. The second-order valence-corrected chi connectivity index (χ2v) is 6.99. The van der Waals surface area contributed by atoms with E-state index in [-0.39, 0.29) is 0 Å². The van der Waals surface area contributed by atoms with Crippen LogP contribution in [-0.2, 0) is 13.1 Å². The van der Waals surface area contributed by atoms with Gasteiger partial charge in [-0.1, -0.05) is 35.3 Å². The molecule has 0 aliphatic carbocycles. The van der Waals surface area contributed by atoms with Gasteiger partial charge in [-0.2, -0.15) is 0 Å². The van der Waals surface area contributed by atoms with Crippen LogP contribution >= 0.6 is 34.5 Å². The summed E-state index contributed by atoms with van der Waals surface area (Å²) in [6.45, 7) is 3.73. The Hall–Kier alpha value is -0.580. The predicted molar refractivity (Wildman–Crippen MR) is 88.8 cm³/mol. The fourth-order valence-electron chi connectivity index (χ4n) is 1.95. The van der Waals surface area contributed by atoms with Gasteiger partial charge in [0.1, 0.15) is 0 Å². The van der Waals surface area contributed by atoms with Gasteiger partial charge in [-0.05, 0) is 36.9 Å². The first-order valence-corrected chi connectivity index (χ1v) is 8.08. The molecule has 1 aromatic heterocycles. The van der Waals surface area contributed by atoms with Gasteiger partial charge in [-0.15, -0.1) is 11.3 Å². The zero-order valence-corrected chi connectivity index (χ0v) is 13.7. The quantitative estimate of drug-likeness (QED) is 0.763. The minimum Gasteiger partial charge on any atom is -0.311 e. The lowest BCUT2D eigenvalue weighted by Gasteiger charge is -2.17. The topological polar surface area (TPSA) is 15.3 Å². The molecule has 0 aliphatic heterocycles. The number of rotatable bonds is 7. The van der Waals surface area contributed by atoms with Crippen molar-refractivity contribution in [3.63, 3.8) is 0 Å². The van der Waals surface area contributed by atoms with E-state index in [1.807, 2.05) is 24.3 Å². The molecule has 0 saturated carbocycles. The first-order chi connectivity index (χ1) is 9.63. The molecular formula is C15H18Cl2N2S. The van der Waals surface area contributed by atoms with Crippen molar-refractivity contribution in [1.29, 1.82) is 0 Å². The molecule has 0 amide bonds. The van der Waals surface area contributed by atoms with Crippen LogP contribution in [0.2, 0.25) is 9.36 Å². The average Bonchev–Trinajstić information content (AvgIpc) is 2.80. The van der Waals surface area contributed by atoms with Crippen LogP contribution in [0.3, 0.4) is 0 Å². The van der Waals surface area contributed by atoms with E-state index in [0.29, 0.717) is 0 Å². The Balaban J connectivity index is 1.66. The molecule has 5 heteroatoms. The number of hydrogen-bond donors (Lipinski definition) is 1. The maximum Gasteiger partial charge on any atom is 0.0931 e. The Morgan fingerprint density at radius 3 is 2.75 bits per heavy atom. The number of halogens is 2. The van der Waals surface area contributed by atoms with Crippen molar-refractivity contribution in [3.8, 4) is 0 Å². The van der Waals surface area contributed by atoms with Crippen LogP contribution in [0.4, 0.5) is 0 Å². The number of benzene rings is 1. The van der Waals surface area contributed by atoms with E-state index >= 15 is 0 Å². The Labute approximate surface area is 134 Å². The zero-order chi connectivity index (χ0) is 14.4. The van der Waals surface area contributed by atoms with Gasteiger partial charge in [-0.25, -0.2) is 0 Å². The standard InChI is InChI=1S/C15H18Cl2N2S/c1-19(11-12-3-2-4-13(16)9-12)8-7-18-10-14-5-6-15(17)20-14/h2-6,9,18H,7-8,10-11H2,1H3. The molecule has 20 heavy (non-hydrogen) atoms. The molecule has 1 N–H and O–H groups in total. The van der Waals surface area contributed by atoms with Crippen molar-refractivity contribution < 1.29 is 0 Å². The molecule has 2 rings (SSSR count). The summed E-state index contributed by atoms with van der Waals surface area (Å²) in [5, 5.41) is 4.22. The van der Waals surface area contributed by atoms with Gasteiger partial charge in [0.05, 0.1) is 4.34 Å². The van der Waals surface area contributed by atoms with E-state index < -0.39 is 0 Å². The highest BCUT2D eigenvalue weighted by atomic mass is 35.5. The highest BCUT2D eigenvalue weighted by Crippen LogP contribution is 2.20. The molecule has 2 aromatic rings. The Kier molecular flexibility index (Phi) is 6.33. The summed E-state index contributed by atoms with van der Waals surface area (Å²) in [5.41, 5.74) is 1.24. The van der Waals surface area contributed by atoms with Gasteiger partial charge in [0.25, 0.3) is 0 Å². The Bertz CT molecular complexity index is 542. The molecule has 0 unspecified atom stereocenters. The van der Waals surface area contributed by atoms with Gasteiger partial charge in [0, 0.05) is 36.1 Å². The maximum absolute atomic E-state index is 5.98. The second kappa shape index (κ2) is 8.01. The lowest BCUT2D eigenvalue weighted by molar-refractivity contribution is 0.324. The third kappa shape index (κ3) is 5.43. The molecular weight excluding hydrogens is 311 g/mol. The molecule has 1 heterocycles. The predicted octanol–water partition coefficient (Wildman–Crippen LogP) is 4.28. The van der Waals surface area contributed by atoms with Gasteiger partial charge in [0.2, 0.25) is 0 Å². The number of nitrogens with zero attached hydrogens (tertiary/aromatic N) is 1. The largest absolute Gasteiger partial charge is 0.311 e. The van der Waals surface area contributed by atoms with Crippen LogP contribution < -0.4 is 5.32 Å². The summed E-state index contributed by atoms with van der Waals surface area (Å²) in [5.74, 6) is 0. The summed E-state index contributed by atoms with van der Waals surface area (Å²) >= 11 is 13.5. The number of hydrogen-bond acceptors (Lipinski definition) is 3. The lowest BCUT2D eigenvalue weighted by atomic mass is 10.2. The molecule has 0 bridgehead atoms. The molecule has 0 saturated heterocycles. The van der Waals surface area contributed by atoms with Crippen molar-refractivity contribution in [2.45, 2.75) is 13.1 Å². The minimum absolute atomic E-state index is 0.795. The van der Waals surface area contributed by atoms with Crippen LogP contribution in [0.25, 0.3) is 0 Å². The second-order valence-electron chi connectivity index (χ2n) is 4.75. The van der Waals surface area contributed by atoms with Gasteiger partial charge < -0.3 is 10.2 Å². The fraction of sp³-hybridized carbons (Fsp3) is 0.333. The third-order valence-corrected chi connectivity index (χ3v) is 4.41. The van der Waals surface area contributed by atoms with Crippen LogP contribution in [0.15, 0.2) is 36.4 Å². The van der Waals surface area contributed by atoms with Gasteiger partial charge in [0.15, 0.2) is 0 Å². The first kappa shape index (κ1) is 15.8. The van der Waals surface area contributed by atoms with Gasteiger partial charge >= 0.3 is 0 Å². The first-order valence-electron chi connectivity index (χ1n) is 6.51. The van der Waals surface area contributed by atoms with Crippen molar-refractivity contribution in [1.82, 2.24) is 10.2 Å². The molecule has 108 valence electrons. The molecule has 1 aromatic carbocycles. The molecule has 0 spiro atoms. The lowest BCUT2D eigenvalue weighted by Crippen LogP contribution is -2.28. The molecule has 0 fully saturated rings. The summed E-state index contributed by atoms with van der Waals surface area (Å²) in [6, 6.07) is 12.0. The Morgan fingerprint density at radius 1 is 1.20 bits per heavy atom. The third-order valence-electron chi connectivity index (χ3n) is 2.94. The van der Waals surface area contributed by atoms with E-state index in [9.17, 15) is 0 Å². The summed E-state index contributed by atoms with van der Waals surface area (Å²) in [7, 11) is 2.12. The van der Waals surface area contributed by atoms with E-state index in [4.69, 9.17) is 23.2 Å². The SMILES string of the molecule is CN(CCNCc1ccc(Cl)s1)Cc1cccc(Cl)c1. The zero-order valence-electron chi connectivity index (χ0n) is 11.4. The van der Waals surface area contributed by atoms with Crippen LogP contribution in [0, 0.1) is 0 Å². The number of nitrogens with one attached hydrogen (secondary N) is 1. The molecule has 0 radical (unpaired) electrons. The van der Waals surface area contributed by atoms with Crippen molar-refractivity contribution in [2.75, 3.05) is 20.1 Å². The Morgan fingerprint density at radius 2 is 2.05 bits per heavy atom. The summed E-state index contributed by atoms with van der Waals surface area (Å²) < 4.78 is 0.847.